The van der Waals surface area contributed by atoms with Gasteiger partial charge in [0.05, 0.1) is 6.73 Å². The molecular weight excluding hydrogens is 140 g/mol. The van der Waals surface area contributed by atoms with Gasteiger partial charge in [0.2, 0.25) is 0 Å². The van der Waals surface area contributed by atoms with E-state index in [1.54, 1.807) is 0 Å². The van der Waals surface area contributed by atoms with Crippen molar-refractivity contribution < 1.29 is 5.11 Å². The topological polar surface area (TPSA) is 26.7 Å². The molecule has 70 valence electrons. The molecule has 0 rings (SSSR count). The molecule has 0 radical (unpaired) electrons. The summed E-state index contributed by atoms with van der Waals surface area (Å²) in [7, 11) is 5.93. The Balaban J connectivity index is 0. The third kappa shape index (κ3) is 13.0. The third-order valence-electron chi connectivity index (χ3n) is 1.17. The molecule has 3 heteroatoms. The van der Waals surface area contributed by atoms with Crippen molar-refractivity contribution in [3.63, 3.8) is 0 Å². The lowest BCUT2D eigenvalue weighted by atomic mass is 10.5. The zero-order valence-electron chi connectivity index (χ0n) is 8.46. The smallest absolute Gasteiger partial charge is 0.0954 e. The lowest BCUT2D eigenvalue weighted by Gasteiger charge is -2.15. The highest BCUT2D eigenvalue weighted by Crippen LogP contribution is 1.79. The summed E-state index contributed by atoms with van der Waals surface area (Å²) in [4.78, 5) is 3.95. The maximum atomic E-state index is 8.56. The van der Waals surface area contributed by atoms with Crippen LogP contribution in [0, 0.1) is 0 Å². The van der Waals surface area contributed by atoms with Gasteiger partial charge >= 0.3 is 0 Å². The molecule has 1 N–H and O–H groups in total. The second-order valence-electron chi connectivity index (χ2n) is 2.52. The Morgan fingerprint density at radius 3 is 1.73 bits per heavy atom. The van der Waals surface area contributed by atoms with E-state index in [4.69, 9.17) is 5.11 Å². The summed E-state index contributed by atoms with van der Waals surface area (Å²) in [6, 6.07) is 0. The van der Waals surface area contributed by atoms with Gasteiger partial charge in [0.15, 0.2) is 0 Å². The molecule has 0 aliphatic heterocycles. The predicted octanol–water partition coefficient (Wildman–Crippen LogP) is 0.456. The van der Waals surface area contributed by atoms with Gasteiger partial charge in [-0.1, -0.05) is 13.8 Å². The van der Waals surface area contributed by atoms with Crippen LogP contribution in [-0.2, 0) is 0 Å². The Bertz CT molecular complexity index is 67.1. The molecule has 0 heterocycles. The van der Waals surface area contributed by atoms with Gasteiger partial charge in [-0.2, -0.15) is 0 Å². The normalized spacial score (nSPS) is 9.82. The van der Waals surface area contributed by atoms with Crippen LogP contribution in [0.3, 0.4) is 0 Å². The Morgan fingerprint density at radius 2 is 1.45 bits per heavy atom. The Labute approximate surface area is 70.6 Å². The molecule has 0 fully saturated rings. The van der Waals surface area contributed by atoms with Crippen LogP contribution in [0.15, 0.2) is 0 Å². The largest absolute Gasteiger partial charge is 0.381 e. The van der Waals surface area contributed by atoms with Gasteiger partial charge in [-0.05, 0) is 21.1 Å². The molecule has 0 saturated carbocycles. The van der Waals surface area contributed by atoms with E-state index in [1.807, 2.05) is 39.9 Å². The van der Waals surface area contributed by atoms with E-state index < -0.39 is 0 Å². The van der Waals surface area contributed by atoms with Gasteiger partial charge in [-0.15, -0.1) is 0 Å². The summed E-state index contributed by atoms with van der Waals surface area (Å²) in [5.41, 5.74) is 0. The van der Waals surface area contributed by atoms with Crippen molar-refractivity contribution in [2.24, 2.45) is 0 Å². The molecule has 0 aromatic heterocycles. The first-order valence-electron chi connectivity index (χ1n) is 4.11. The second-order valence-corrected chi connectivity index (χ2v) is 2.52. The van der Waals surface area contributed by atoms with Crippen LogP contribution in [0.25, 0.3) is 0 Å². The molecule has 11 heavy (non-hydrogen) atoms. The summed E-state index contributed by atoms with van der Waals surface area (Å²) < 4.78 is 0. The third-order valence-corrected chi connectivity index (χ3v) is 1.17. The number of hydrogen-bond acceptors (Lipinski definition) is 3. The van der Waals surface area contributed by atoms with E-state index >= 15 is 0 Å². The van der Waals surface area contributed by atoms with E-state index in [1.165, 1.54) is 0 Å². The van der Waals surface area contributed by atoms with Crippen molar-refractivity contribution in [3.8, 4) is 0 Å². The van der Waals surface area contributed by atoms with Gasteiger partial charge in [-0.3, -0.25) is 4.90 Å². The highest BCUT2D eigenvalue weighted by atomic mass is 16.3. The average Bonchev–Trinajstić information content (AvgIpc) is 2.04. The van der Waals surface area contributed by atoms with Gasteiger partial charge in [0, 0.05) is 13.1 Å². The minimum Gasteiger partial charge on any atom is -0.381 e. The second kappa shape index (κ2) is 9.88. The standard InChI is InChI=1S/C6H16N2O.C2H6/c1-7(2)4-5-8(3)6-9;1-2/h9H,4-6H2,1-3H3;1-2H3. The van der Waals surface area contributed by atoms with Crippen LogP contribution in [0.2, 0.25) is 0 Å². The molecule has 0 saturated heterocycles. The SMILES string of the molecule is CC.CN(C)CCN(C)CO. The quantitative estimate of drug-likeness (QED) is 0.608. The number of aliphatic hydroxyl groups is 1. The van der Waals surface area contributed by atoms with E-state index in [9.17, 15) is 0 Å². The van der Waals surface area contributed by atoms with Crippen molar-refractivity contribution in [1.82, 2.24) is 9.80 Å². The van der Waals surface area contributed by atoms with Gasteiger partial charge in [-0.25, -0.2) is 0 Å². The number of likely N-dealkylation sites (N-methyl/N-ethyl adjacent to an activating group) is 2. The fourth-order valence-corrected chi connectivity index (χ4v) is 0.441. The Kier molecular flexibility index (Phi) is 12.1. The molecule has 0 aromatic carbocycles. The highest BCUT2D eigenvalue weighted by Gasteiger charge is 1.94. The van der Waals surface area contributed by atoms with E-state index in [2.05, 4.69) is 4.90 Å². The van der Waals surface area contributed by atoms with Crippen LogP contribution in [0.1, 0.15) is 13.8 Å². The zero-order chi connectivity index (χ0) is 9.28. The van der Waals surface area contributed by atoms with Crippen LogP contribution in [-0.4, -0.2) is 55.9 Å². The summed E-state index contributed by atoms with van der Waals surface area (Å²) in [5.74, 6) is 0. The highest BCUT2D eigenvalue weighted by molar-refractivity contribution is 4.47. The Hall–Kier alpha value is -0.120. The lowest BCUT2D eigenvalue weighted by Crippen LogP contribution is -2.29. The molecular formula is C8H22N2O. The summed E-state index contributed by atoms with van der Waals surface area (Å²) in [6.07, 6.45) is 0. The molecule has 0 atom stereocenters. The van der Waals surface area contributed by atoms with Gasteiger partial charge < -0.3 is 10.0 Å². The van der Waals surface area contributed by atoms with Crippen molar-refractivity contribution in [2.75, 3.05) is 41.0 Å². The maximum absolute atomic E-state index is 8.56. The van der Waals surface area contributed by atoms with Crippen LogP contribution < -0.4 is 0 Å². The maximum Gasteiger partial charge on any atom is 0.0954 e. The van der Waals surface area contributed by atoms with Crippen molar-refractivity contribution in [2.45, 2.75) is 13.8 Å². The van der Waals surface area contributed by atoms with Crippen molar-refractivity contribution in [1.29, 1.82) is 0 Å². The minimum atomic E-state index is 0.147. The lowest BCUT2D eigenvalue weighted by molar-refractivity contribution is 0.125. The molecule has 3 nitrogen and oxygen atoms in total. The molecule has 0 spiro atoms. The first-order valence-corrected chi connectivity index (χ1v) is 4.11. The number of nitrogens with zero attached hydrogens (tertiary/aromatic N) is 2. The number of rotatable bonds is 4. The minimum absolute atomic E-state index is 0.147. The number of aliphatic hydroxyl groups excluding tert-OH is 1. The molecule has 0 bridgehead atoms. The zero-order valence-corrected chi connectivity index (χ0v) is 8.46. The fourth-order valence-electron chi connectivity index (χ4n) is 0.441. The van der Waals surface area contributed by atoms with Crippen LogP contribution >= 0.6 is 0 Å². The van der Waals surface area contributed by atoms with E-state index in [-0.39, 0.29) is 6.73 Å². The van der Waals surface area contributed by atoms with Gasteiger partial charge in [0.25, 0.3) is 0 Å². The first kappa shape index (κ1) is 13.5. The first-order chi connectivity index (χ1) is 5.16. The van der Waals surface area contributed by atoms with Crippen LogP contribution in [0.5, 0.6) is 0 Å². The van der Waals surface area contributed by atoms with E-state index in [0.29, 0.717) is 0 Å². The van der Waals surface area contributed by atoms with E-state index in [0.717, 1.165) is 13.1 Å². The van der Waals surface area contributed by atoms with Crippen LogP contribution in [0.4, 0.5) is 0 Å². The summed E-state index contributed by atoms with van der Waals surface area (Å²) in [6.45, 7) is 6.06. The summed E-state index contributed by atoms with van der Waals surface area (Å²) in [5, 5.41) is 8.56. The molecule has 0 unspecified atom stereocenters. The Morgan fingerprint density at radius 1 is 1.00 bits per heavy atom. The average molecular weight is 162 g/mol. The monoisotopic (exact) mass is 162 g/mol. The van der Waals surface area contributed by atoms with Crippen molar-refractivity contribution in [3.05, 3.63) is 0 Å². The molecule has 0 aliphatic rings. The van der Waals surface area contributed by atoms with Gasteiger partial charge in [0.1, 0.15) is 0 Å². The molecule has 0 aliphatic carbocycles. The summed E-state index contributed by atoms with van der Waals surface area (Å²) >= 11 is 0. The predicted molar refractivity (Wildman–Crippen MR) is 49.6 cm³/mol. The molecule has 0 amide bonds. The number of hydrogen-bond donors (Lipinski definition) is 1. The van der Waals surface area contributed by atoms with Crippen molar-refractivity contribution >= 4 is 0 Å². The fraction of sp³-hybridized carbons (Fsp3) is 1.00. The molecule has 0 aromatic rings.